The molecule has 0 unspecified atom stereocenters. The van der Waals surface area contributed by atoms with Gasteiger partial charge >= 0.3 is 0 Å². The van der Waals surface area contributed by atoms with E-state index in [0.29, 0.717) is 56.7 Å². The van der Waals surface area contributed by atoms with Crippen LogP contribution in [0.3, 0.4) is 0 Å². The number of aryl methyl sites for hydroxylation is 1. The van der Waals surface area contributed by atoms with Crippen molar-refractivity contribution in [1.29, 1.82) is 0 Å². The normalized spacial score (nSPS) is 19.4. The number of fused-ring (bicyclic) bond motifs is 1. The number of ether oxygens (including phenoxy) is 2. The molecule has 0 spiro atoms. The van der Waals surface area contributed by atoms with Gasteiger partial charge in [-0.2, -0.15) is 4.98 Å². The topological polar surface area (TPSA) is 112 Å². The summed E-state index contributed by atoms with van der Waals surface area (Å²) in [5, 5.41) is 3.40. The molecule has 0 aromatic carbocycles. The molecule has 39 heavy (non-hydrogen) atoms. The molecule has 1 saturated carbocycles. The summed E-state index contributed by atoms with van der Waals surface area (Å²) >= 11 is 7.29. The molecule has 204 valence electrons. The number of rotatable bonds is 7. The minimum absolute atomic E-state index is 0.00934. The molecular formula is C26H25ClF2N6O3S. The first-order chi connectivity index (χ1) is 18.7. The van der Waals surface area contributed by atoms with Gasteiger partial charge in [0.1, 0.15) is 16.5 Å². The van der Waals surface area contributed by atoms with E-state index in [0.717, 1.165) is 0 Å². The summed E-state index contributed by atoms with van der Waals surface area (Å²) < 4.78 is 37.8. The number of thiazole rings is 1. The van der Waals surface area contributed by atoms with Gasteiger partial charge in [-0.1, -0.05) is 22.9 Å². The molecule has 0 radical (unpaired) electrons. The molecule has 5 rings (SSSR count). The van der Waals surface area contributed by atoms with Crippen LogP contribution in [0.1, 0.15) is 53.3 Å². The average molecular weight is 575 g/mol. The van der Waals surface area contributed by atoms with Crippen molar-refractivity contribution in [3.63, 3.8) is 0 Å². The van der Waals surface area contributed by atoms with E-state index in [-0.39, 0.29) is 29.5 Å². The fraction of sp³-hybridized carbons (Fsp3) is 0.385. The van der Waals surface area contributed by atoms with Crippen LogP contribution in [0.25, 0.3) is 21.6 Å². The van der Waals surface area contributed by atoms with E-state index < -0.39 is 17.9 Å². The highest BCUT2D eigenvalue weighted by molar-refractivity contribution is 7.21. The fourth-order valence-corrected chi connectivity index (χ4v) is 5.89. The van der Waals surface area contributed by atoms with E-state index in [9.17, 15) is 13.6 Å². The van der Waals surface area contributed by atoms with Crippen molar-refractivity contribution in [2.75, 3.05) is 19.5 Å². The molecule has 1 N–H and O–H groups in total. The lowest BCUT2D eigenvalue weighted by atomic mass is 9.77. The Morgan fingerprint density at radius 3 is 2.62 bits per heavy atom. The number of nitrogens with one attached hydrogen (secondary N) is 1. The third kappa shape index (κ3) is 5.28. The van der Waals surface area contributed by atoms with Crippen LogP contribution in [0, 0.1) is 6.92 Å². The molecule has 4 heterocycles. The summed E-state index contributed by atoms with van der Waals surface area (Å²) in [7, 11) is 2.85. The lowest BCUT2D eigenvalue weighted by Gasteiger charge is -2.38. The second kappa shape index (κ2) is 11.0. The van der Waals surface area contributed by atoms with Gasteiger partial charge in [0.25, 0.3) is 12.3 Å². The summed E-state index contributed by atoms with van der Waals surface area (Å²) in [6.07, 6.45) is 3.64. The van der Waals surface area contributed by atoms with E-state index in [2.05, 4.69) is 25.3 Å². The highest BCUT2D eigenvalue weighted by Crippen LogP contribution is 2.42. The Kier molecular flexibility index (Phi) is 7.70. The van der Waals surface area contributed by atoms with Crippen molar-refractivity contribution < 1.29 is 23.0 Å². The van der Waals surface area contributed by atoms with Gasteiger partial charge in [0.15, 0.2) is 15.6 Å². The summed E-state index contributed by atoms with van der Waals surface area (Å²) in [5.41, 5.74) is 1.75. The predicted molar refractivity (Wildman–Crippen MR) is 144 cm³/mol. The van der Waals surface area contributed by atoms with Crippen molar-refractivity contribution in [2.24, 2.45) is 0 Å². The third-order valence-corrected chi connectivity index (χ3v) is 8.15. The summed E-state index contributed by atoms with van der Waals surface area (Å²) in [6.45, 7) is 1.78. The van der Waals surface area contributed by atoms with E-state index in [1.807, 2.05) is 0 Å². The van der Waals surface area contributed by atoms with Gasteiger partial charge in [-0.25, -0.2) is 23.7 Å². The molecule has 0 aliphatic heterocycles. The lowest BCUT2D eigenvalue weighted by Crippen LogP contribution is -2.42. The predicted octanol–water partition coefficient (Wildman–Crippen LogP) is 6.07. The molecular weight excluding hydrogens is 550 g/mol. The maximum absolute atomic E-state index is 13.5. The SMILES string of the molecule is COc1c(C)ncc(C(=O)Nc2nc3ncc(C4CCC(OC)(C(F)F)CC4)nc3s2)c1-c1ccnc(Cl)c1. The number of hydrogen-bond donors (Lipinski definition) is 1. The minimum atomic E-state index is -2.54. The number of methoxy groups -OCH3 is 2. The quantitative estimate of drug-likeness (QED) is 0.265. The van der Waals surface area contributed by atoms with Gasteiger partial charge in [-0.15, -0.1) is 0 Å². The second-order valence-corrected chi connectivity index (χ2v) is 10.6. The highest BCUT2D eigenvalue weighted by Gasteiger charge is 2.44. The first-order valence-corrected chi connectivity index (χ1v) is 13.4. The number of carbonyl (C=O) groups excluding carboxylic acids is 1. The molecule has 0 saturated heterocycles. The molecule has 0 bridgehead atoms. The van der Waals surface area contributed by atoms with Crippen LogP contribution in [-0.4, -0.2) is 57.1 Å². The van der Waals surface area contributed by atoms with Gasteiger partial charge in [0.05, 0.1) is 30.3 Å². The summed E-state index contributed by atoms with van der Waals surface area (Å²) in [5.74, 6) is -0.0119. The number of amides is 1. The van der Waals surface area contributed by atoms with Crippen molar-refractivity contribution in [2.45, 2.75) is 50.6 Å². The number of hydrogen-bond acceptors (Lipinski definition) is 9. The number of halogens is 3. The number of aromatic nitrogens is 5. The molecule has 4 aromatic rings. The van der Waals surface area contributed by atoms with Gasteiger partial charge < -0.3 is 9.47 Å². The number of alkyl halides is 2. The van der Waals surface area contributed by atoms with E-state index in [4.69, 9.17) is 26.1 Å². The summed E-state index contributed by atoms with van der Waals surface area (Å²) in [6, 6.07) is 3.38. The molecule has 0 atom stereocenters. The van der Waals surface area contributed by atoms with E-state index >= 15 is 0 Å². The largest absolute Gasteiger partial charge is 0.494 e. The monoisotopic (exact) mass is 574 g/mol. The van der Waals surface area contributed by atoms with Gasteiger partial charge in [0.2, 0.25) is 0 Å². The fourth-order valence-electron chi connectivity index (χ4n) is 4.92. The first-order valence-electron chi connectivity index (χ1n) is 12.2. The van der Waals surface area contributed by atoms with Gasteiger partial charge in [0, 0.05) is 31.0 Å². The zero-order valence-corrected chi connectivity index (χ0v) is 22.9. The Bertz CT molecular complexity index is 1530. The van der Waals surface area contributed by atoms with Crippen molar-refractivity contribution in [1.82, 2.24) is 24.9 Å². The van der Waals surface area contributed by atoms with Crippen molar-refractivity contribution in [3.8, 4) is 16.9 Å². The molecule has 13 heteroatoms. The Labute approximate surface area is 232 Å². The molecule has 1 amide bonds. The molecule has 1 fully saturated rings. The van der Waals surface area contributed by atoms with Crippen LogP contribution < -0.4 is 10.1 Å². The average Bonchev–Trinajstić information content (AvgIpc) is 3.34. The minimum Gasteiger partial charge on any atom is -0.494 e. The Hall–Kier alpha value is -3.35. The Balaban J connectivity index is 1.40. The number of carbonyl (C=O) groups is 1. The van der Waals surface area contributed by atoms with Crippen LogP contribution in [0.4, 0.5) is 13.9 Å². The van der Waals surface area contributed by atoms with Gasteiger partial charge in [-0.3, -0.25) is 15.1 Å². The van der Waals surface area contributed by atoms with Crippen LogP contribution >= 0.6 is 22.9 Å². The van der Waals surface area contributed by atoms with Crippen molar-refractivity contribution in [3.05, 3.63) is 52.8 Å². The van der Waals surface area contributed by atoms with Crippen LogP contribution in [0.5, 0.6) is 5.75 Å². The Morgan fingerprint density at radius 1 is 1.18 bits per heavy atom. The second-order valence-electron chi connectivity index (χ2n) is 9.27. The summed E-state index contributed by atoms with van der Waals surface area (Å²) in [4.78, 5) is 35.8. The number of pyridine rings is 2. The van der Waals surface area contributed by atoms with Crippen molar-refractivity contribution >= 4 is 44.5 Å². The maximum Gasteiger partial charge on any atom is 0.267 e. The number of nitrogens with zero attached hydrogens (tertiary/aromatic N) is 5. The first kappa shape index (κ1) is 27.2. The Morgan fingerprint density at radius 2 is 1.95 bits per heavy atom. The zero-order valence-electron chi connectivity index (χ0n) is 21.4. The van der Waals surface area contributed by atoms with Crippen LogP contribution in [0.15, 0.2) is 30.7 Å². The van der Waals surface area contributed by atoms with Crippen LogP contribution in [-0.2, 0) is 4.74 Å². The highest BCUT2D eigenvalue weighted by atomic mass is 35.5. The molecule has 1 aliphatic carbocycles. The van der Waals surface area contributed by atoms with Crippen LogP contribution in [0.2, 0.25) is 5.15 Å². The van der Waals surface area contributed by atoms with Gasteiger partial charge in [-0.05, 0) is 50.3 Å². The molecule has 9 nitrogen and oxygen atoms in total. The molecule has 1 aliphatic rings. The standard InChI is InChI=1S/C26H25ClF2N6O3S/c1-13-20(37-2)19(15-6-9-30-18(27)10-15)16(11-31-13)22(36)35-25-34-21-23(39-25)33-17(12-32-21)14-4-7-26(38-3,8-5-14)24(28)29/h6,9-12,14,24H,4-5,7-8H2,1-3H3,(H,32,34,35,36). The maximum atomic E-state index is 13.5. The van der Waals surface area contributed by atoms with E-state index in [1.54, 1.807) is 31.5 Å². The lowest BCUT2D eigenvalue weighted by molar-refractivity contribution is -0.141. The third-order valence-electron chi connectivity index (χ3n) is 7.09. The zero-order chi connectivity index (χ0) is 27.7. The smallest absolute Gasteiger partial charge is 0.267 e. The van der Waals surface area contributed by atoms with E-state index in [1.165, 1.54) is 31.8 Å². The molecule has 4 aromatic heterocycles. The number of anilines is 1.